The molecule has 0 saturated carbocycles. The molecule has 0 radical (unpaired) electrons. The molecular weight excluding hydrogens is 400 g/mol. The Balaban J connectivity index is 2.35. The lowest BCUT2D eigenvalue weighted by molar-refractivity contribution is -0.117. The van der Waals surface area contributed by atoms with Crippen molar-refractivity contribution < 1.29 is 17.9 Å². The van der Waals surface area contributed by atoms with E-state index in [9.17, 15) is 13.2 Å². The number of ether oxygens (including phenoxy) is 1. The van der Waals surface area contributed by atoms with E-state index >= 15 is 0 Å². The summed E-state index contributed by atoms with van der Waals surface area (Å²) in [5, 5.41) is 3.18. The Morgan fingerprint density at radius 1 is 1.18 bits per heavy atom. The van der Waals surface area contributed by atoms with Crippen molar-refractivity contribution in [1.82, 2.24) is 0 Å². The number of aryl methyl sites for hydroxylation is 1. The molecule has 0 heterocycles. The summed E-state index contributed by atoms with van der Waals surface area (Å²) in [5.74, 6) is 0.274. The molecule has 28 heavy (non-hydrogen) atoms. The van der Waals surface area contributed by atoms with E-state index in [4.69, 9.17) is 16.3 Å². The normalized spacial score (nSPS) is 12.3. The second kappa shape index (κ2) is 9.30. The van der Waals surface area contributed by atoms with Crippen molar-refractivity contribution in [3.63, 3.8) is 0 Å². The van der Waals surface area contributed by atoms with Crippen molar-refractivity contribution in [3.8, 4) is 5.75 Å². The second-order valence-corrected chi connectivity index (χ2v) is 8.66. The lowest BCUT2D eigenvalue weighted by atomic mass is 10.1. The van der Waals surface area contributed by atoms with Gasteiger partial charge < -0.3 is 10.1 Å². The molecule has 0 aliphatic rings. The fourth-order valence-corrected chi connectivity index (χ4v) is 4.31. The molecule has 0 saturated heterocycles. The van der Waals surface area contributed by atoms with Crippen LogP contribution in [0.4, 0.5) is 11.4 Å². The highest BCUT2D eigenvalue weighted by molar-refractivity contribution is 7.92. The first kappa shape index (κ1) is 22.0. The third-order valence-electron chi connectivity index (χ3n) is 4.17. The smallest absolute Gasteiger partial charge is 0.248 e. The Morgan fingerprint density at radius 3 is 2.36 bits per heavy atom. The van der Waals surface area contributed by atoms with E-state index in [1.165, 1.54) is 0 Å². The highest BCUT2D eigenvalue weighted by Gasteiger charge is 2.32. The van der Waals surface area contributed by atoms with E-state index in [0.717, 1.165) is 10.6 Å². The molecule has 0 bridgehead atoms. The molecule has 0 fully saturated rings. The molecular formula is C20H25ClN2O4S. The monoisotopic (exact) mass is 424 g/mol. The standard InChI is InChI=1S/C20H25ClN2O4S/c1-5-18(20(24)22-16-9-11-17(12-10-16)27-6-2)23(28(4,25)26)19-13-15(21)8-7-14(19)3/h7-13,18H,5-6H2,1-4H3,(H,22,24). The van der Waals surface area contributed by atoms with E-state index in [1.54, 1.807) is 56.3 Å². The van der Waals surface area contributed by atoms with Crippen molar-refractivity contribution in [2.24, 2.45) is 0 Å². The van der Waals surface area contributed by atoms with Crippen LogP contribution < -0.4 is 14.4 Å². The zero-order valence-corrected chi connectivity index (χ0v) is 18.0. The summed E-state index contributed by atoms with van der Waals surface area (Å²) < 4.78 is 31.6. The fraction of sp³-hybridized carbons (Fsp3) is 0.350. The highest BCUT2D eigenvalue weighted by atomic mass is 35.5. The third kappa shape index (κ3) is 5.39. The summed E-state index contributed by atoms with van der Waals surface area (Å²) in [4.78, 5) is 12.9. The molecule has 8 heteroatoms. The summed E-state index contributed by atoms with van der Waals surface area (Å²) in [5.41, 5.74) is 1.66. The average molecular weight is 425 g/mol. The van der Waals surface area contributed by atoms with Gasteiger partial charge in [-0.05, 0) is 62.2 Å². The van der Waals surface area contributed by atoms with Gasteiger partial charge in [0, 0.05) is 10.7 Å². The lowest BCUT2D eigenvalue weighted by Crippen LogP contribution is -2.47. The van der Waals surface area contributed by atoms with Gasteiger partial charge in [-0.3, -0.25) is 9.10 Å². The Bertz CT molecular complexity index is 930. The summed E-state index contributed by atoms with van der Waals surface area (Å²) in [7, 11) is -3.73. The van der Waals surface area contributed by atoms with E-state index in [0.29, 0.717) is 40.7 Å². The predicted octanol–water partition coefficient (Wildman–Crippen LogP) is 4.23. The molecule has 6 nitrogen and oxygen atoms in total. The number of carbonyl (C=O) groups is 1. The summed E-state index contributed by atoms with van der Waals surface area (Å²) in [6, 6.07) is 11.0. The number of nitrogens with zero attached hydrogens (tertiary/aromatic N) is 1. The summed E-state index contributed by atoms with van der Waals surface area (Å²) in [6.07, 6.45) is 1.38. The molecule has 1 atom stereocenters. The fourth-order valence-electron chi connectivity index (χ4n) is 2.88. The zero-order chi connectivity index (χ0) is 20.9. The molecule has 2 rings (SSSR count). The minimum atomic E-state index is -3.73. The van der Waals surface area contributed by atoms with Crippen molar-refractivity contribution in [3.05, 3.63) is 53.1 Å². The number of rotatable bonds is 8. The molecule has 2 aromatic carbocycles. The van der Waals surface area contributed by atoms with Gasteiger partial charge in [0.25, 0.3) is 0 Å². The number of hydrogen-bond donors (Lipinski definition) is 1. The second-order valence-electron chi connectivity index (χ2n) is 6.36. The maximum Gasteiger partial charge on any atom is 0.248 e. The van der Waals surface area contributed by atoms with Crippen molar-refractivity contribution in [2.45, 2.75) is 33.2 Å². The van der Waals surface area contributed by atoms with Crippen LogP contribution in [0.15, 0.2) is 42.5 Å². The topological polar surface area (TPSA) is 75.7 Å². The number of benzene rings is 2. The van der Waals surface area contributed by atoms with Gasteiger partial charge in [-0.2, -0.15) is 0 Å². The van der Waals surface area contributed by atoms with Gasteiger partial charge in [-0.1, -0.05) is 24.6 Å². The number of sulfonamides is 1. The molecule has 1 unspecified atom stereocenters. The van der Waals surface area contributed by atoms with Crippen molar-refractivity contribution >= 4 is 38.9 Å². The molecule has 152 valence electrons. The highest BCUT2D eigenvalue weighted by Crippen LogP contribution is 2.29. The molecule has 0 spiro atoms. The quantitative estimate of drug-likeness (QED) is 0.688. The predicted molar refractivity (Wildman–Crippen MR) is 114 cm³/mol. The van der Waals surface area contributed by atoms with Gasteiger partial charge in [0.15, 0.2) is 0 Å². The first-order valence-corrected chi connectivity index (χ1v) is 11.2. The Kier molecular flexibility index (Phi) is 7.32. The Morgan fingerprint density at radius 2 is 1.82 bits per heavy atom. The van der Waals surface area contributed by atoms with Crippen LogP contribution in [-0.2, 0) is 14.8 Å². The first-order chi connectivity index (χ1) is 13.2. The van der Waals surface area contributed by atoms with Gasteiger partial charge in [-0.25, -0.2) is 8.42 Å². The molecule has 2 aromatic rings. The molecule has 1 N–H and O–H groups in total. The van der Waals surface area contributed by atoms with E-state index in [2.05, 4.69) is 5.32 Å². The van der Waals surface area contributed by atoms with Crippen LogP contribution in [0.25, 0.3) is 0 Å². The minimum Gasteiger partial charge on any atom is -0.494 e. The number of carbonyl (C=O) groups excluding carboxylic acids is 1. The minimum absolute atomic E-state index is 0.294. The largest absolute Gasteiger partial charge is 0.494 e. The summed E-state index contributed by atoms with van der Waals surface area (Å²) in [6.45, 7) is 5.98. The maximum atomic E-state index is 12.9. The van der Waals surface area contributed by atoms with E-state index in [-0.39, 0.29) is 0 Å². The molecule has 0 aromatic heterocycles. The number of halogens is 1. The average Bonchev–Trinajstić information content (AvgIpc) is 2.62. The van der Waals surface area contributed by atoms with Gasteiger partial charge >= 0.3 is 0 Å². The Hall–Kier alpha value is -2.25. The third-order valence-corrected chi connectivity index (χ3v) is 5.57. The van der Waals surface area contributed by atoms with Crippen LogP contribution >= 0.6 is 11.6 Å². The number of nitrogens with one attached hydrogen (secondary N) is 1. The SMILES string of the molecule is CCOc1ccc(NC(=O)C(CC)N(c2cc(Cl)ccc2C)S(C)(=O)=O)cc1. The summed E-state index contributed by atoms with van der Waals surface area (Å²) >= 11 is 6.07. The van der Waals surface area contributed by atoms with Crippen LogP contribution in [0, 0.1) is 6.92 Å². The molecule has 1 amide bonds. The van der Waals surface area contributed by atoms with Gasteiger partial charge in [0.05, 0.1) is 18.6 Å². The van der Waals surface area contributed by atoms with Gasteiger partial charge in [0.1, 0.15) is 11.8 Å². The van der Waals surface area contributed by atoms with Gasteiger partial charge in [0.2, 0.25) is 15.9 Å². The van der Waals surface area contributed by atoms with Crippen LogP contribution in [0.5, 0.6) is 5.75 Å². The first-order valence-electron chi connectivity index (χ1n) is 8.96. The van der Waals surface area contributed by atoms with Crippen molar-refractivity contribution in [1.29, 1.82) is 0 Å². The van der Waals surface area contributed by atoms with E-state index < -0.39 is 22.0 Å². The maximum absolute atomic E-state index is 12.9. The Labute approximate surface area is 171 Å². The molecule has 0 aliphatic heterocycles. The number of hydrogen-bond acceptors (Lipinski definition) is 4. The van der Waals surface area contributed by atoms with Crippen LogP contribution in [0.1, 0.15) is 25.8 Å². The zero-order valence-electron chi connectivity index (χ0n) is 16.4. The lowest BCUT2D eigenvalue weighted by Gasteiger charge is -2.31. The van der Waals surface area contributed by atoms with Crippen LogP contribution in [0.3, 0.4) is 0 Å². The number of amides is 1. The number of anilines is 2. The van der Waals surface area contributed by atoms with Gasteiger partial charge in [-0.15, -0.1) is 0 Å². The molecule has 0 aliphatic carbocycles. The van der Waals surface area contributed by atoms with Crippen LogP contribution in [0.2, 0.25) is 5.02 Å². The van der Waals surface area contributed by atoms with E-state index in [1.807, 2.05) is 6.92 Å². The van der Waals surface area contributed by atoms with Crippen molar-refractivity contribution in [2.75, 3.05) is 22.5 Å². The van der Waals surface area contributed by atoms with Crippen LogP contribution in [-0.4, -0.2) is 33.2 Å².